The summed E-state index contributed by atoms with van der Waals surface area (Å²) in [5, 5.41) is 2.69. The van der Waals surface area contributed by atoms with Crippen LogP contribution in [0.4, 0.5) is 0 Å². The van der Waals surface area contributed by atoms with Gasteiger partial charge in [-0.3, -0.25) is 9.59 Å². The van der Waals surface area contributed by atoms with Crippen molar-refractivity contribution in [2.75, 3.05) is 20.0 Å². The lowest BCUT2D eigenvalue weighted by molar-refractivity contribution is -0.149. The number of fused-ring (bicyclic) bond motifs is 1. The number of hydrogen-bond donors (Lipinski definition) is 1. The van der Waals surface area contributed by atoms with Crippen molar-refractivity contribution < 1.29 is 28.5 Å². The minimum Gasteiger partial charge on any atom is -0.493 e. The summed E-state index contributed by atoms with van der Waals surface area (Å²) in [5.41, 5.74) is 2.00. The van der Waals surface area contributed by atoms with E-state index in [1.807, 2.05) is 37.3 Å². The van der Waals surface area contributed by atoms with Gasteiger partial charge in [0.25, 0.3) is 5.91 Å². The van der Waals surface area contributed by atoms with Gasteiger partial charge in [-0.2, -0.15) is 0 Å². The van der Waals surface area contributed by atoms with Gasteiger partial charge in [-0.1, -0.05) is 23.8 Å². The largest absolute Gasteiger partial charge is 0.493 e. The second kappa shape index (κ2) is 8.93. The molecule has 0 aromatic heterocycles. The van der Waals surface area contributed by atoms with E-state index in [0.717, 1.165) is 11.1 Å². The van der Waals surface area contributed by atoms with Gasteiger partial charge in [-0.25, -0.2) is 0 Å². The fraction of sp³-hybridized carbons (Fsp3) is 0.300. The summed E-state index contributed by atoms with van der Waals surface area (Å²) in [6.45, 7) is 2.37. The molecule has 0 fully saturated rings. The molecule has 142 valence electrons. The SMILES string of the molecule is Cc1ccc(OCCC(=O)OCC(=O)NCc2ccc3c(c2)OCO3)cc1. The number of rotatable bonds is 8. The fourth-order valence-electron chi connectivity index (χ4n) is 2.41. The number of esters is 1. The Bertz CT molecular complexity index is 803. The third kappa shape index (κ3) is 5.64. The zero-order valence-corrected chi connectivity index (χ0v) is 15.0. The van der Waals surface area contributed by atoms with Crippen LogP contribution in [0.3, 0.4) is 0 Å². The molecule has 2 aromatic rings. The van der Waals surface area contributed by atoms with E-state index >= 15 is 0 Å². The van der Waals surface area contributed by atoms with Crippen molar-refractivity contribution in [2.45, 2.75) is 19.9 Å². The highest BCUT2D eigenvalue weighted by molar-refractivity contribution is 5.80. The van der Waals surface area contributed by atoms with Gasteiger partial charge < -0.3 is 24.3 Å². The van der Waals surface area contributed by atoms with Crippen molar-refractivity contribution in [3.63, 3.8) is 0 Å². The lowest BCUT2D eigenvalue weighted by Gasteiger charge is -2.08. The van der Waals surface area contributed by atoms with E-state index in [4.69, 9.17) is 18.9 Å². The van der Waals surface area contributed by atoms with Gasteiger partial charge in [0.1, 0.15) is 5.75 Å². The second-order valence-electron chi connectivity index (χ2n) is 6.04. The number of carbonyl (C=O) groups is 2. The number of amides is 1. The van der Waals surface area contributed by atoms with E-state index in [9.17, 15) is 9.59 Å². The molecule has 1 aliphatic rings. The standard InChI is InChI=1S/C20H21NO6/c1-14-2-5-16(6-3-14)24-9-8-20(23)25-12-19(22)21-11-15-4-7-17-18(10-15)27-13-26-17/h2-7,10H,8-9,11-13H2,1H3,(H,21,22). The number of ether oxygens (including phenoxy) is 4. The van der Waals surface area contributed by atoms with Crippen LogP contribution in [0.15, 0.2) is 42.5 Å². The van der Waals surface area contributed by atoms with E-state index in [1.54, 1.807) is 12.1 Å². The molecule has 0 spiro atoms. The first-order chi connectivity index (χ1) is 13.1. The Hall–Kier alpha value is -3.22. The summed E-state index contributed by atoms with van der Waals surface area (Å²) in [7, 11) is 0. The predicted octanol–water partition coefficient (Wildman–Crippen LogP) is 2.35. The van der Waals surface area contributed by atoms with Gasteiger partial charge in [0.05, 0.1) is 13.0 Å². The topological polar surface area (TPSA) is 83.1 Å². The van der Waals surface area contributed by atoms with Gasteiger partial charge in [0.2, 0.25) is 6.79 Å². The van der Waals surface area contributed by atoms with E-state index in [-0.39, 0.29) is 32.3 Å². The molecule has 7 nitrogen and oxygen atoms in total. The minimum absolute atomic E-state index is 0.0727. The van der Waals surface area contributed by atoms with Crippen LogP contribution in [0.2, 0.25) is 0 Å². The molecule has 0 saturated heterocycles. The zero-order chi connectivity index (χ0) is 19.1. The van der Waals surface area contributed by atoms with Crippen LogP contribution in [0.5, 0.6) is 17.2 Å². The van der Waals surface area contributed by atoms with E-state index < -0.39 is 5.97 Å². The number of nitrogens with one attached hydrogen (secondary N) is 1. The Morgan fingerprint density at radius 2 is 1.85 bits per heavy atom. The Balaban J connectivity index is 1.31. The van der Waals surface area contributed by atoms with Gasteiger partial charge in [-0.05, 0) is 36.8 Å². The van der Waals surface area contributed by atoms with Crippen LogP contribution in [-0.2, 0) is 20.9 Å². The van der Waals surface area contributed by atoms with Crippen LogP contribution in [0.1, 0.15) is 17.5 Å². The van der Waals surface area contributed by atoms with Crippen LogP contribution < -0.4 is 19.5 Å². The van der Waals surface area contributed by atoms with Crippen LogP contribution in [0.25, 0.3) is 0 Å². The van der Waals surface area contributed by atoms with Crippen LogP contribution in [-0.4, -0.2) is 31.9 Å². The first-order valence-corrected chi connectivity index (χ1v) is 8.60. The highest BCUT2D eigenvalue weighted by atomic mass is 16.7. The second-order valence-corrected chi connectivity index (χ2v) is 6.04. The van der Waals surface area contributed by atoms with Crippen molar-refractivity contribution in [1.29, 1.82) is 0 Å². The first kappa shape index (κ1) is 18.6. The maximum atomic E-state index is 11.8. The fourth-order valence-corrected chi connectivity index (χ4v) is 2.41. The monoisotopic (exact) mass is 371 g/mol. The van der Waals surface area contributed by atoms with Crippen molar-refractivity contribution >= 4 is 11.9 Å². The average Bonchev–Trinajstić information content (AvgIpc) is 3.14. The van der Waals surface area contributed by atoms with Crippen molar-refractivity contribution in [2.24, 2.45) is 0 Å². The van der Waals surface area contributed by atoms with E-state index in [2.05, 4.69) is 5.32 Å². The lowest BCUT2D eigenvalue weighted by atomic mass is 10.2. The Labute approximate surface area is 157 Å². The Morgan fingerprint density at radius 3 is 2.67 bits per heavy atom. The van der Waals surface area contributed by atoms with Crippen molar-refractivity contribution in [3.8, 4) is 17.2 Å². The number of benzene rings is 2. The molecule has 1 heterocycles. The van der Waals surface area contributed by atoms with Crippen LogP contribution >= 0.6 is 0 Å². The summed E-state index contributed by atoms with van der Waals surface area (Å²) >= 11 is 0. The summed E-state index contributed by atoms with van der Waals surface area (Å²) in [5.74, 6) is 1.17. The Morgan fingerprint density at radius 1 is 1.07 bits per heavy atom. The van der Waals surface area contributed by atoms with Gasteiger partial charge in [0, 0.05) is 6.54 Å². The summed E-state index contributed by atoms with van der Waals surface area (Å²) in [6, 6.07) is 13.0. The maximum Gasteiger partial charge on any atom is 0.309 e. The molecule has 0 saturated carbocycles. The van der Waals surface area contributed by atoms with Gasteiger partial charge in [0.15, 0.2) is 18.1 Å². The highest BCUT2D eigenvalue weighted by Gasteiger charge is 2.13. The van der Waals surface area contributed by atoms with Gasteiger partial charge >= 0.3 is 5.97 Å². The quantitative estimate of drug-likeness (QED) is 0.717. The zero-order valence-electron chi connectivity index (χ0n) is 15.0. The molecular weight excluding hydrogens is 350 g/mol. The highest BCUT2D eigenvalue weighted by Crippen LogP contribution is 2.32. The maximum absolute atomic E-state index is 11.8. The molecule has 1 amide bonds. The molecule has 27 heavy (non-hydrogen) atoms. The molecule has 0 unspecified atom stereocenters. The molecule has 3 rings (SSSR count). The summed E-state index contributed by atoms with van der Waals surface area (Å²) in [6.07, 6.45) is 0.0727. The smallest absolute Gasteiger partial charge is 0.309 e. The molecule has 1 aliphatic heterocycles. The van der Waals surface area contributed by atoms with E-state index in [1.165, 1.54) is 0 Å². The minimum atomic E-state index is -0.486. The predicted molar refractivity (Wildman–Crippen MR) is 96.7 cm³/mol. The summed E-state index contributed by atoms with van der Waals surface area (Å²) < 4.78 is 20.9. The summed E-state index contributed by atoms with van der Waals surface area (Å²) in [4.78, 5) is 23.5. The Kier molecular flexibility index (Phi) is 6.14. The van der Waals surface area contributed by atoms with E-state index in [0.29, 0.717) is 23.8 Å². The number of carbonyl (C=O) groups excluding carboxylic acids is 2. The van der Waals surface area contributed by atoms with Crippen molar-refractivity contribution in [3.05, 3.63) is 53.6 Å². The van der Waals surface area contributed by atoms with Crippen LogP contribution in [0, 0.1) is 6.92 Å². The average molecular weight is 371 g/mol. The number of hydrogen-bond acceptors (Lipinski definition) is 6. The van der Waals surface area contributed by atoms with Crippen molar-refractivity contribution in [1.82, 2.24) is 5.32 Å². The first-order valence-electron chi connectivity index (χ1n) is 8.60. The molecular formula is C20H21NO6. The molecule has 0 bridgehead atoms. The molecule has 0 aliphatic carbocycles. The molecule has 7 heteroatoms. The normalized spacial score (nSPS) is 11.7. The molecule has 2 aromatic carbocycles. The number of aryl methyl sites for hydroxylation is 1. The third-order valence-corrected chi connectivity index (χ3v) is 3.89. The molecule has 1 N–H and O–H groups in total. The molecule has 0 radical (unpaired) electrons. The molecule has 0 atom stereocenters. The lowest BCUT2D eigenvalue weighted by Crippen LogP contribution is -2.28. The third-order valence-electron chi connectivity index (χ3n) is 3.89. The van der Waals surface area contributed by atoms with Gasteiger partial charge in [-0.15, -0.1) is 0 Å².